The van der Waals surface area contributed by atoms with Crippen molar-refractivity contribution in [2.45, 2.75) is 13.0 Å². The summed E-state index contributed by atoms with van der Waals surface area (Å²) in [5.74, 6) is 0.493. The van der Waals surface area contributed by atoms with E-state index in [9.17, 15) is 9.59 Å². The number of nitrogens with zero attached hydrogens (tertiary/aromatic N) is 4. The molecular formula is C19H19N5O2. The number of aromatic nitrogens is 3. The van der Waals surface area contributed by atoms with Crippen LogP contribution in [0.15, 0.2) is 41.2 Å². The summed E-state index contributed by atoms with van der Waals surface area (Å²) < 4.78 is 0. The van der Waals surface area contributed by atoms with Crippen molar-refractivity contribution in [3.8, 4) is 0 Å². The average molecular weight is 349 g/mol. The lowest BCUT2D eigenvalue weighted by Crippen LogP contribution is -2.39. The van der Waals surface area contributed by atoms with Gasteiger partial charge in [0.2, 0.25) is 0 Å². The minimum absolute atomic E-state index is 0.169. The molecule has 0 aliphatic carbocycles. The number of fused-ring (bicyclic) bond motifs is 2. The third-order valence-electron chi connectivity index (χ3n) is 4.66. The van der Waals surface area contributed by atoms with E-state index >= 15 is 0 Å². The van der Waals surface area contributed by atoms with E-state index in [-0.39, 0.29) is 17.0 Å². The van der Waals surface area contributed by atoms with Gasteiger partial charge in [0.1, 0.15) is 5.56 Å². The quantitative estimate of drug-likeness (QED) is 0.760. The molecule has 26 heavy (non-hydrogen) atoms. The SMILES string of the molecule is CN(C)c1cc2c(nn1)CCN(C(=O)c1cc3ccccc3[nH]c1=O)C2. The van der Waals surface area contributed by atoms with Crippen LogP contribution < -0.4 is 10.5 Å². The number of benzene rings is 1. The number of rotatable bonds is 2. The highest BCUT2D eigenvalue weighted by molar-refractivity contribution is 5.97. The molecule has 1 aliphatic heterocycles. The zero-order valence-corrected chi connectivity index (χ0v) is 14.7. The molecule has 0 atom stereocenters. The van der Waals surface area contributed by atoms with E-state index in [4.69, 9.17) is 0 Å². The van der Waals surface area contributed by atoms with Crippen LogP contribution in [0.4, 0.5) is 5.82 Å². The highest BCUT2D eigenvalue weighted by atomic mass is 16.2. The first-order valence-corrected chi connectivity index (χ1v) is 8.47. The Morgan fingerprint density at radius 1 is 1.19 bits per heavy atom. The third-order valence-corrected chi connectivity index (χ3v) is 4.66. The number of carbonyl (C=O) groups excluding carboxylic acids is 1. The molecule has 2 aromatic heterocycles. The van der Waals surface area contributed by atoms with Crippen LogP contribution in [0.2, 0.25) is 0 Å². The number of nitrogens with one attached hydrogen (secondary N) is 1. The fourth-order valence-electron chi connectivity index (χ4n) is 3.19. The third kappa shape index (κ3) is 2.81. The Morgan fingerprint density at radius 2 is 2.00 bits per heavy atom. The Hall–Kier alpha value is -3.22. The Labute approximate surface area is 150 Å². The number of anilines is 1. The van der Waals surface area contributed by atoms with Gasteiger partial charge in [-0.15, -0.1) is 5.10 Å². The van der Waals surface area contributed by atoms with Gasteiger partial charge in [0.25, 0.3) is 11.5 Å². The van der Waals surface area contributed by atoms with Gasteiger partial charge in [-0.25, -0.2) is 0 Å². The van der Waals surface area contributed by atoms with Crippen molar-refractivity contribution in [2.24, 2.45) is 0 Å². The molecule has 132 valence electrons. The second-order valence-electron chi connectivity index (χ2n) is 6.64. The molecule has 0 saturated heterocycles. The Balaban J connectivity index is 1.66. The standard InChI is InChI=1S/C19H19N5O2/c1-23(2)17-10-13-11-24(8-7-16(13)21-22-17)19(26)14-9-12-5-3-4-6-15(12)20-18(14)25/h3-6,9-10H,7-8,11H2,1-2H3,(H,20,25). The van der Waals surface area contributed by atoms with Crippen LogP contribution in [0.3, 0.4) is 0 Å². The van der Waals surface area contributed by atoms with Crippen LogP contribution in [0.25, 0.3) is 10.9 Å². The van der Waals surface area contributed by atoms with E-state index in [2.05, 4.69) is 15.2 Å². The molecule has 1 amide bonds. The minimum Gasteiger partial charge on any atom is -0.361 e. The first-order chi connectivity index (χ1) is 12.5. The largest absolute Gasteiger partial charge is 0.361 e. The topological polar surface area (TPSA) is 82.2 Å². The fraction of sp³-hybridized carbons (Fsp3) is 0.263. The molecule has 7 nitrogen and oxygen atoms in total. The number of amides is 1. The van der Waals surface area contributed by atoms with Crippen LogP contribution in [0.1, 0.15) is 21.6 Å². The van der Waals surface area contributed by atoms with Crippen LogP contribution in [0.5, 0.6) is 0 Å². The molecule has 1 aromatic carbocycles. The highest BCUT2D eigenvalue weighted by Gasteiger charge is 2.25. The molecule has 4 rings (SSSR count). The summed E-state index contributed by atoms with van der Waals surface area (Å²) in [6, 6.07) is 11.1. The molecule has 0 fully saturated rings. The van der Waals surface area contributed by atoms with E-state index in [1.54, 1.807) is 11.0 Å². The predicted molar refractivity (Wildman–Crippen MR) is 99.4 cm³/mol. The van der Waals surface area contributed by atoms with Gasteiger partial charge in [-0.05, 0) is 29.1 Å². The molecule has 7 heteroatoms. The van der Waals surface area contributed by atoms with Crippen molar-refractivity contribution in [1.82, 2.24) is 20.1 Å². The van der Waals surface area contributed by atoms with Gasteiger partial charge >= 0.3 is 0 Å². The summed E-state index contributed by atoms with van der Waals surface area (Å²) in [6.45, 7) is 0.949. The fourth-order valence-corrected chi connectivity index (χ4v) is 3.19. The van der Waals surface area contributed by atoms with E-state index in [0.717, 1.165) is 28.0 Å². The maximum Gasteiger partial charge on any atom is 0.261 e. The van der Waals surface area contributed by atoms with Crippen molar-refractivity contribution in [3.63, 3.8) is 0 Å². The lowest BCUT2D eigenvalue weighted by Gasteiger charge is -2.28. The van der Waals surface area contributed by atoms with Gasteiger partial charge in [0, 0.05) is 39.1 Å². The smallest absolute Gasteiger partial charge is 0.261 e. The predicted octanol–water partition coefficient (Wildman–Crippen LogP) is 1.58. The number of aromatic amines is 1. The molecule has 0 radical (unpaired) electrons. The Kier molecular flexibility index (Phi) is 3.91. The van der Waals surface area contributed by atoms with Crippen LogP contribution in [-0.2, 0) is 13.0 Å². The molecule has 0 bridgehead atoms. The lowest BCUT2D eigenvalue weighted by molar-refractivity contribution is 0.0731. The summed E-state index contributed by atoms with van der Waals surface area (Å²) in [4.78, 5) is 31.7. The first-order valence-electron chi connectivity index (χ1n) is 8.47. The Bertz CT molecular complexity index is 1060. The van der Waals surface area contributed by atoms with E-state index in [1.807, 2.05) is 49.3 Å². The molecule has 1 N–H and O–H groups in total. The van der Waals surface area contributed by atoms with Crippen molar-refractivity contribution in [1.29, 1.82) is 0 Å². The van der Waals surface area contributed by atoms with Gasteiger partial charge in [-0.2, -0.15) is 5.10 Å². The van der Waals surface area contributed by atoms with E-state index in [1.165, 1.54) is 0 Å². The number of hydrogen-bond acceptors (Lipinski definition) is 5. The van der Waals surface area contributed by atoms with Crippen LogP contribution >= 0.6 is 0 Å². The zero-order chi connectivity index (χ0) is 18.3. The van der Waals surface area contributed by atoms with E-state index in [0.29, 0.717) is 19.5 Å². The van der Waals surface area contributed by atoms with Crippen molar-refractivity contribution in [3.05, 3.63) is 63.6 Å². The Morgan fingerprint density at radius 3 is 2.81 bits per heavy atom. The van der Waals surface area contributed by atoms with Crippen LogP contribution in [0, 0.1) is 0 Å². The first kappa shape index (κ1) is 16.3. The molecule has 0 spiro atoms. The molecule has 0 unspecified atom stereocenters. The van der Waals surface area contributed by atoms with E-state index < -0.39 is 0 Å². The number of H-pyrrole nitrogens is 1. The summed E-state index contributed by atoms with van der Waals surface area (Å²) in [5, 5.41) is 9.29. The monoisotopic (exact) mass is 349 g/mol. The molecule has 3 aromatic rings. The molecule has 1 aliphatic rings. The summed E-state index contributed by atoms with van der Waals surface area (Å²) in [5.41, 5.74) is 2.42. The number of carbonyl (C=O) groups is 1. The second kappa shape index (κ2) is 6.25. The van der Waals surface area contributed by atoms with Crippen LogP contribution in [-0.4, -0.2) is 46.6 Å². The molecule has 0 saturated carbocycles. The minimum atomic E-state index is -0.360. The maximum atomic E-state index is 13.0. The van der Waals surface area contributed by atoms with Crippen molar-refractivity contribution in [2.75, 3.05) is 25.5 Å². The lowest BCUT2D eigenvalue weighted by atomic mass is 10.0. The molecule has 3 heterocycles. The van der Waals surface area contributed by atoms with Crippen molar-refractivity contribution < 1.29 is 4.79 Å². The second-order valence-corrected chi connectivity index (χ2v) is 6.64. The van der Waals surface area contributed by atoms with Gasteiger partial charge < -0.3 is 14.8 Å². The zero-order valence-electron chi connectivity index (χ0n) is 14.7. The number of para-hydroxylation sites is 1. The van der Waals surface area contributed by atoms with Gasteiger partial charge in [0.05, 0.1) is 5.69 Å². The van der Waals surface area contributed by atoms with Crippen molar-refractivity contribution >= 4 is 22.6 Å². The van der Waals surface area contributed by atoms with Gasteiger partial charge in [-0.1, -0.05) is 18.2 Å². The van der Waals surface area contributed by atoms with Gasteiger partial charge in [0.15, 0.2) is 5.82 Å². The van der Waals surface area contributed by atoms with Gasteiger partial charge in [-0.3, -0.25) is 9.59 Å². The maximum absolute atomic E-state index is 13.0. The summed E-state index contributed by atoms with van der Waals surface area (Å²) >= 11 is 0. The number of pyridine rings is 1. The average Bonchev–Trinajstić information content (AvgIpc) is 2.66. The molecular weight excluding hydrogens is 330 g/mol. The normalized spacial score (nSPS) is 13.5. The number of hydrogen-bond donors (Lipinski definition) is 1. The summed E-state index contributed by atoms with van der Waals surface area (Å²) in [6.07, 6.45) is 0.632. The summed E-state index contributed by atoms with van der Waals surface area (Å²) in [7, 11) is 3.80. The highest BCUT2D eigenvalue weighted by Crippen LogP contribution is 2.21.